The number of nitrogens with zero attached hydrogens (tertiary/aromatic N) is 3. The Labute approximate surface area is 229 Å². The highest BCUT2D eigenvalue weighted by Crippen LogP contribution is 2.25. The zero-order valence-electron chi connectivity index (χ0n) is 21.5. The van der Waals surface area contributed by atoms with E-state index >= 15 is 0 Å². The van der Waals surface area contributed by atoms with Gasteiger partial charge in [0.1, 0.15) is 5.82 Å². The van der Waals surface area contributed by atoms with Crippen molar-refractivity contribution in [3.8, 4) is 16.9 Å². The number of carbonyl (C=O) groups is 2. The van der Waals surface area contributed by atoms with Crippen molar-refractivity contribution < 1.29 is 18.7 Å². The molecule has 0 aliphatic heterocycles. The van der Waals surface area contributed by atoms with E-state index in [0.717, 1.165) is 17.1 Å². The highest BCUT2D eigenvalue weighted by atomic mass is 32.1. The standard InChI is InChI=1S/C31H26FN3O3S/c1-21-17-28(22(2)34(21)19-27-9-6-16-39-27)29(36)20-38-30(37)15-12-24-18-35(26-7-4-3-5-8-26)33-31(24)23-10-13-25(32)14-11-23/h3-18H,19-20H2,1-2H3/b15-12+. The van der Waals surface area contributed by atoms with E-state index in [0.29, 0.717) is 28.9 Å². The molecule has 196 valence electrons. The molecular formula is C31H26FN3O3S. The van der Waals surface area contributed by atoms with Crippen LogP contribution in [-0.4, -0.2) is 32.7 Å². The summed E-state index contributed by atoms with van der Waals surface area (Å²) in [6.45, 7) is 4.19. The van der Waals surface area contributed by atoms with E-state index in [1.807, 2.05) is 61.7 Å². The Morgan fingerprint density at radius 3 is 2.51 bits per heavy atom. The highest BCUT2D eigenvalue weighted by molar-refractivity contribution is 7.09. The van der Waals surface area contributed by atoms with Crippen LogP contribution in [0, 0.1) is 19.7 Å². The number of rotatable bonds is 9. The highest BCUT2D eigenvalue weighted by Gasteiger charge is 2.18. The second-order valence-corrected chi connectivity index (χ2v) is 10.1. The number of aromatic nitrogens is 3. The van der Waals surface area contributed by atoms with Gasteiger partial charge in [0.15, 0.2) is 6.61 Å². The molecule has 0 saturated carbocycles. The molecule has 0 aliphatic carbocycles. The molecule has 0 atom stereocenters. The van der Waals surface area contributed by atoms with E-state index in [-0.39, 0.29) is 18.2 Å². The number of benzene rings is 2. The van der Waals surface area contributed by atoms with Crippen LogP contribution < -0.4 is 0 Å². The summed E-state index contributed by atoms with van der Waals surface area (Å²) in [6, 6.07) is 21.4. The van der Waals surface area contributed by atoms with Crippen LogP contribution in [0.1, 0.15) is 32.2 Å². The van der Waals surface area contributed by atoms with Gasteiger partial charge < -0.3 is 9.30 Å². The normalized spacial score (nSPS) is 11.3. The van der Waals surface area contributed by atoms with Crippen molar-refractivity contribution in [2.45, 2.75) is 20.4 Å². The summed E-state index contributed by atoms with van der Waals surface area (Å²) in [5.41, 5.74) is 5.12. The van der Waals surface area contributed by atoms with Gasteiger partial charge in [0.05, 0.1) is 17.9 Å². The number of Topliss-reactive ketones (excluding diaryl/α,β-unsaturated/α-hetero) is 1. The first-order valence-electron chi connectivity index (χ1n) is 12.4. The van der Waals surface area contributed by atoms with Crippen molar-refractivity contribution >= 4 is 29.2 Å². The fourth-order valence-electron chi connectivity index (χ4n) is 4.36. The number of halogens is 1. The molecule has 0 spiro atoms. The van der Waals surface area contributed by atoms with Gasteiger partial charge >= 0.3 is 5.97 Å². The van der Waals surface area contributed by atoms with Gasteiger partial charge in [-0.15, -0.1) is 11.3 Å². The zero-order valence-corrected chi connectivity index (χ0v) is 22.3. The van der Waals surface area contributed by atoms with E-state index in [9.17, 15) is 14.0 Å². The summed E-state index contributed by atoms with van der Waals surface area (Å²) in [5.74, 6) is -1.25. The lowest BCUT2D eigenvalue weighted by molar-refractivity contribution is -0.136. The number of para-hydroxylation sites is 1. The summed E-state index contributed by atoms with van der Waals surface area (Å²) in [7, 11) is 0. The molecule has 3 heterocycles. The van der Waals surface area contributed by atoms with Crippen molar-refractivity contribution in [1.82, 2.24) is 14.3 Å². The summed E-state index contributed by atoms with van der Waals surface area (Å²) >= 11 is 1.67. The Bertz CT molecular complexity index is 1630. The molecule has 39 heavy (non-hydrogen) atoms. The topological polar surface area (TPSA) is 66.1 Å². The van der Waals surface area contributed by atoms with Crippen LogP contribution in [0.2, 0.25) is 0 Å². The fraction of sp³-hybridized carbons (Fsp3) is 0.129. The van der Waals surface area contributed by atoms with Gasteiger partial charge in [-0.3, -0.25) is 4.79 Å². The van der Waals surface area contributed by atoms with E-state index in [1.165, 1.54) is 23.1 Å². The smallest absolute Gasteiger partial charge is 0.331 e. The molecule has 5 rings (SSSR count). The van der Waals surface area contributed by atoms with Crippen LogP contribution in [0.25, 0.3) is 23.0 Å². The van der Waals surface area contributed by atoms with Gasteiger partial charge in [-0.25, -0.2) is 13.9 Å². The number of ketones is 1. The summed E-state index contributed by atoms with van der Waals surface area (Å²) < 4.78 is 22.6. The van der Waals surface area contributed by atoms with E-state index in [4.69, 9.17) is 4.74 Å². The van der Waals surface area contributed by atoms with Crippen LogP contribution in [-0.2, 0) is 16.1 Å². The average Bonchev–Trinajstić information content (AvgIpc) is 3.68. The van der Waals surface area contributed by atoms with Crippen molar-refractivity contribution in [2.75, 3.05) is 6.61 Å². The van der Waals surface area contributed by atoms with Crippen LogP contribution >= 0.6 is 11.3 Å². The first-order valence-corrected chi connectivity index (χ1v) is 13.2. The summed E-state index contributed by atoms with van der Waals surface area (Å²) in [5, 5.41) is 6.68. The SMILES string of the molecule is Cc1cc(C(=O)COC(=O)/C=C/c2cn(-c3ccccc3)nc2-c2ccc(F)cc2)c(C)n1Cc1cccs1. The van der Waals surface area contributed by atoms with Crippen LogP contribution in [0.3, 0.4) is 0 Å². The van der Waals surface area contributed by atoms with Crippen molar-refractivity contribution in [2.24, 2.45) is 0 Å². The lowest BCUT2D eigenvalue weighted by Gasteiger charge is -2.08. The predicted molar refractivity (Wildman–Crippen MR) is 151 cm³/mol. The molecule has 0 saturated heterocycles. The molecule has 6 nitrogen and oxygen atoms in total. The van der Waals surface area contributed by atoms with Gasteiger partial charge in [-0.05, 0) is 73.8 Å². The van der Waals surface area contributed by atoms with Gasteiger partial charge in [0.25, 0.3) is 0 Å². The van der Waals surface area contributed by atoms with Crippen molar-refractivity contribution in [3.63, 3.8) is 0 Å². The Hall–Kier alpha value is -4.56. The van der Waals surface area contributed by atoms with Gasteiger partial charge in [-0.2, -0.15) is 5.10 Å². The molecule has 0 radical (unpaired) electrons. The van der Waals surface area contributed by atoms with E-state index in [1.54, 1.807) is 40.4 Å². The second-order valence-electron chi connectivity index (χ2n) is 9.03. The van der Waals surface area contributed by atoms with Gasteiger partial charge in [0.2, 0.25) is 5.78 Å². The maximum Gasteiger partial charge on any atom is 0.331 e. The first-order chi connectivity index (χ1) is 18.9. The fourth-order valence-corrected chi connectivity index (χ4v) is 5.05. The molecule has 0 fully saturated rings. The van der Waals surface area contributed by atoms with Gasteiger partial charge in [-0.1, -0.05) is 24.3 Å². The van der Waals surface area contributed by atoms with Crippen molar-refractivity contribution in [1.29, 1.82) is 0 Å². The van der Waals surface area contributed by atoms with Crippen LogP contribution in [0.15, 0.2) is 90.4 Å². The number of ether oxygens (including phenoxy) is 1. The molecule has 5 aromatic rings. The summed E-state index contributed by atoms with van der Waals surface area (Å²) in [4.78, 5) is 26.6. The van der Waals surface area contributed by atoms with Crippen LogP contribution in [0.5, 0.6) is 0 Å². The maximum atomic E-state index is 13.5. The number of hydrogen-bond donors (Lipinski definition) is 0. The average molecular weight is 540 g/mol. The lowest BCUT2D eigenvalue weighted by Crippen LogP contribution is -2.13. The monoisotopic (exact) mass is 539 g/mol. The number of hydrogen-bond acceptors (Lipinski definition) is 5. The largest absolute Gasteiger partial charge is 0.454 e. The molecule has 0 aliphatic rings. The third kappa shape index (κ3) is 5.97. The Kier molecular flexibility index (Phi) is 7.65. The van der Waals surface area contributed by atoms with E-state index < -0.39 is 5.97 Å². The number of thiophene rings is 1. The molecule has 2 aromatic carbocycles. The minimum atomic E-state index is -0.645. The quantitative estimate of drug-likeness (QED) is 0.120. The minimum absolute atomic E-state index is 0.258. The molecule has 3 aromatic heterocycles. The number of carbonyl (C=O) groups excluding carboxylic acids is 2. The third-order valence-corrected chi connectivity index (χ3v) is 7.25. The second kappa shape index (κ2) is 11.4. The van der Waals surface area contributed by atoms with Crippen LogP contribution in [0.4, 0.5) is 4.39 Å². The maximum absolute atomic E-state index is 13.5. The molecule has 0 N–H and O–H groups in total. The zero-order chi connectivity index (χ0) is 27.4. The number of aryl methyl sites for hydroxylation is 1. The minimum Gasteiger partial charge on any atom is -0.454 e. The Morgan fingerprint density at radius 1 is 1.03 bits per heavy atom. The first kappa shape index (κ1) is 26.1. The molecule has 8 heteroatoms. The van der Waals surface area contributed by atoms with Crippen molar-refractivity contribution in [3.05, 3.63) is 124 Å². The molecule has 0 bridgehead atoms. The predicted octanol–water partition coefficient (Wildman–Crippen LogP) is 6.65. The Morgan fingerprint density at radius 2 is 1.79 bits per heavy atom. The summed E-state index contributed by atoms with van der Waals surface area (Å²) in [6.07, 6.45) is 4.64. The van der Waals surface area contributed by atoms with Gasteiger partial charge in [0, 0.05) is 45.2 Å². The molecular weight excluding hydrogens is 513 g/mol. The number of esters is 1. The van der Waals surface area contributed by atoms with E-state index in [2.05, 4.69) is 15.7 Å². The molecule has 0 unspecified atom stereocenters. The Balaban J connectivity index is 1.30. The lowest BCUT2D eigenvalue weighted by atomic mass is 10.1. The molecule has 0 amide bonds. The third-order valence-electron chi connectivity index (χ3n) is 6.39.